The lowest BCUT2D eigenvalue weighted by Gasteiger charge is -2.30. The number of amides is 2. The van der Waals surface area contributed by atoms with Crippen LogP contribution in [0.1, 0.15) is 30.4 Å². The number of nitrogens with one attached hydrogen (secondary N) is 1. The summed E-state index contributed by atoms with van der Waals surface area (Å²) in [6, 6.07) is 13.4. The largest absolute Gasteiger partial charge is 0.489 e. The highest BCUT2D eigenvalue weighted by Crippen LogP contribution is 2.38. The number of likely N-dealkylation sites (tertiary alicyclic amines) is 1. The van der Waals surface area contributed by atoms with Gasteiger partial charge in [-0.15, -0.1) is 0 Å². The maximum absolute atomic E-state index is 12.7. The van der Waals surface area contributed by atoms with Gasteiger partial charge in [0.05, 0.1) is 18.2 Å². The minimum atomic E-state index is -0.104. The first-order valence-corrected chi connectivity index (χ1v) is 11.4. The van der Waals surface area contributed by atoms with Gasteiger partial charge in [-0.2, -0.15) is 0 Å². The van der Waals surface area contributed by atoms with Gasteiger partial charge >= 0.3 is 0 Å². The van der Waals surface area contributed by atoms with Crippen LogP contribution in [-0.2, 0) is 16.1 Å². The average Bonchev–Trinajstić information content (AvgIpc) is 3.08. The Morgan fingerprint density at radius 2 is 1.84 bits per heavy atom. The summed E-state index contributed by atoms with van der Waals surface area (Å²) in [5.74, 6) is 1.06. The van der Waals surface area contributed by atoms with Gasteiger partial charge in [-0.3, -0.25) is 9.59 Å². The van der Waals surface area contributed by atoms with Crippen LogP contribution in [0.15, 0.2) is 48.5 Å². The molecule has 1 saturated heterocycles. The zero-order chi connectivity index (χ0) is 22.3. The summed E-state index contributed by atoms with van der Waals surface area (Å²) in [6.07, 6.45) is 5.53. The molecule has 0 spiro atoms. The number of piperidine rings is 1. The highest BCUT2D eigenvalue weighted by atomic mass is 35.5. The molecule has 4 rings (SSSR count). The second kappa shape index (κ2) is 10.6. The second-order valence-corrected chi connectivity index (χ2v) is 8.42. The van der Waals surface area contributed by atoms with Gasteiger partial charge in [0, 0.05) is 38.0 Å². The van der Waals surface area contributed by atoms with E-state index >= 15 is 0 Å². The fourth-order valence-corrected chi connectivity index (χ4v) is 4.21. The summed E-state index contributed by atoms with van der Waals surface area (Å²) in [6.45, 7) is 2.68. The molecule has 0 unspecified atom stereocenters. The van der Waals surface area contributed by atoms with Crippen molar-refractivity contribution in [2.24, 2.45) is 5.92 Å². The Labute approximate surface area is 193 Å². The Morgan fingerprint density at radius 1 is 1.09 bits per heavy atom. The summed E-state index contributed by atoms with van der Waals surface area (Å²) in [7, 11) is 0. The van der Waals surface area contributed by atoms with Crippen LogP contribution in [0.5, 0.6) is 11.5 Å². The summed E-state index contributed by atoms with van der Waals surface area (Å²) in [5, 5.41) is 3.49. The second-order valence-electron chi connectivity index (χ2n) is 8.02. The molecule has 32 heavy (non-hydrogen) atoms. The molecule has 1 N–H and O–H groups in total. The summed E-state index contributed by atoms with van der Waals surface area (Å²) in [5.41, 5.74) is 1.86. The van der Waals surface area contributed by atoms with Crippen molar-refractivity contribution < 1.29 is 19.1 Å². The molecule has 2 aliphatic rings. The fraction of sp³-hybridized carbons (Fsp3) is 0.360. The van der Waals surface area contributed by atoms with E-state index in [9.17, 15) is 9.59 Å². The van der Waals surface area contributed by atoms with Crippen LogP contribution in [-0.4, -0.2) is 43.0 Å². The van der Waals surface area contributed by atoms with Gasteiger partial charge in [0.25, 0.3) is 0 Å². The van der Waals surface area contributed by atoms with Crippen LogP contribution in [0.4, 0.5) is 0 Å². The number of nitrogens with zero attached hydrogens (tertiary/aromatic N) is 1. The van der Waals surface area contributed by atoms with Crippen molar-refractivity contribution in [2.45, 2.75) is 25.8 Å². The molecule has 2 aromatic rings. The van der Waals surface area contributed by atoms with Crippen molar-refractivity contribution in [3.8, 4) is 11.5 Å². The van der Waals surface area contributed by atoms with E-state index in [2.05, 4.69) is 5.32 Å². The molecule has 0 saturated carbocycles. The predicted octanol–water partition coefficient (Wildman–Crippen LogP) is 4.07. The highest BCUT2D eigenvalue weighted by molar-refractivity contribution is 6.32. The van der Waals surface area contributed by atoms with Crippen LogP contribution in [0.25, 0.3) is 6.08 Å². The van der Waals surface area contributed by atoms with Crippen LogP contribution in [0.2, 0.25) is 5.02 Å². The van der Waals surface area contributed by atoms with E-state index < -0.39 is 0 Å². The number of hydrogen-bond acceptors (Lipinski definition) is 4. The number of carbonyl (C=O) groups is 2. The standard InChI is InChI=1S/C25H27ClN2O4/c26-21-15-19(16-22-24(21)32-14-4-13-31-22)17-27-25(30)20-9-11-28(12-10-20)23(29)8-7-18-5-2-1-3-6-18/h1-3,5-8,15-16,20H,4,9-14,17H2,(H,27,30). The summed E-state index contributed by atoms with van der Waals surface area (Å²) >= 11 is 6.33. The van der Waals surface area contributed by atoms with Crippen molar-refractivity contribution in [3.63, 3.8) is 0 Å². The number of hydrogen-bond donors (Lipinski definition) is 1. The summed E-state index contributed by atoms with van der Waals surface area (Å²) < 4.78 is 11.4. The molecule has 0 bridgehead atoms. The van der Waals surface area contributed by atoms with Gasteiger partial charge < -0.3 is 19.7 Å². The smallest absolute Gasteiger partial charge is 0.246 e. The van der Waals surface area contributed by atoms with E-state index in [0.29, 0.717) is 62.2 Å². The summed E-state index contributed by atoms with van der Waals surface area (Å²) in [4.78, 5) is 26.9. The van der Waals surface area contributed by atoms with Crippen LogP contribution in [0.3, 0.4) is 0 Å². The molecular formula is C25H27ClN2O4. The Balaban J connectivity index is 1.26. The Morgan fingerprint density at radius 3 is 2.62 bits per heavy atom. The van der Waals surface area contributed by atoms with Gasteiger partial charge in [0.1, 0.15) is 0 Å². The third kappa shape index (κ3) is 5.62. The molecule has 0 atom stereocenters. The third-order valence-electron chi connectivity index (χ3n) is 5.72. The van der Waals surface area contributed by atoms with Crippen LogP contribution >= 0.6 is 11.6 Å². The van der Waals surface area contributed by atoms with E-state index in [1.165, 1.54) is 0 Å². The van der Waals surface area contributed by atoms with E-state index in [1.807, 2.05) is 42.5 Å². The predicted molar refractivity (Wildman–Crippen MR) is 124 cm³/mol. The van der Waals surface area contributed by atoms with Crippen molar-refractivity contribution in [1.29, 1.82) is 0 Å². The Hall–Kier alpha value is -2.99. The Bertz CT molecular complexity index is 985. The first-order chi connectivity index (χ1) is 15.6. The van der Waals surface area contributed by atoms with Crippen molar-refractivity contribution >= 4 is 29.5 Å². The maximum Gasteiger partial charge on any atom is 0.246 e. The quantitative estimate of drug-likeness (QED) is 0.691. The lowest BCUT2D eigenvalue weighted by molar-refractivity contribution is -0.132. The van der Waals surface area contributed by atoms with Gasteiger partial charge in [-0.05, 0) is 42.2 Å². The molecule has 2 amide bonds. The van der Waals surface area contributed by atoms with E-state index in [1.54, 1.807) is 17.0 Å². The normalized spacial score (nSPS) is 16.6. The number of ether oxygens (including phenoxy) is 2. The molecule has 2 aliphatic heterocycles. The van der Waals surface area contributed by atoms with Crippen LogP contribution in [0, 0.1) is 5.92 Å². The fourth-order valence-electron chi connectivity index (χ4n) is 3.92. The van der Waals surface area contributed by atoms with E-state index in [-0.39, 0.29) is 17.7 Å². The molecule has 0 aliphatic carbocycles. The highest BCUT2D eigenvalue weighted by Gasteiger charge is 2.26. The number of halogens is 1. The minimum absolute atomic E-state index is 0.000148. The maximum atomic E-state index is 12.7. The van der Waals surface area contributed by atoms with Gasteiger partial charge in [-0.1, -0.05) is 41.9 Å². The average molecular weight is 455 g/mol. The molecule has 6 nitrogen and oxygen atoms in total. The van der Waals surface area contributed by atoms with Gasteiger partial charge in [-0.25, -0.2) is 0 Å². The lowest BCUT2D eigenvalue weighted by Crippen LogP contribution is -2.42. The first-order valence-electron chi connectivity index (χ1n) is 11.0. The molecule has 0 radical (unpaired) electrons. The zero-order valence-electron chi connectivity index (χ0n) is 17.9. The number of fused-ring (bicyclic) bond motifs is 1. The first kappa shape index (κ1) is 22.2. The molecular weight excluding hydrogens is 428 g/mol. The van der Waals surface area contributed by atoms with Crippen molar-refractivity contribution in [3.05, 3.63) is 64.7 Å². The molecule has 2 heterocycles. The number of rotatable bonds is 5. The molecule has 2 aromatic carbocycles. The lowest BCUT2D eigenvalue weighted by atomic mass is 9.95. The van der Waals surface area contributed by atoms with E-state index in [0.717, 1.165) is 17.5 Å². The minimum Gasteiger partial charge on any atom is -0.489 e. The molecule has 7 heteroatoms. The molecule has 168 valence electrons. The number of carbonyl (C=O) groups excluding carboxylic acids is 2. The monoisotopic (exact) mass is 454 g/mol. The SMILES string of the molecule is O=C(NCc1cc(Cl)c2c(c1)OCCCO2)C1CCN(C(=O)C=Cc2ccccc2)CC1. The molecule has 0 aromatic heterocycles. The van der Waals surface area contributed by atoms with E-state index in [4.69, 9.17) is 21.1 Å². The van der Waals surface area contributed by atoms with Gasteiger partial charge in [0.2, 0.25) is 11.8 Å². The zero-order valence-corrected chi connectivity index (χ0v) is 18.6. The van der Waals surface area contributed by atoms with Crippen molar-refractivity contribution in [2.75, 3.05) is 26.3 Å². The third-order valence-corrected chi connectivity index (χ3v) is 6.00. The van der Waals surface area contributed by atoms with Gasteiger partial charge in [0.15, 0.2) is 11.5 Å². The van der Waals surface area contributed by atoms with Crippen LogP contribution < -0.4 is 14.8 Å². The topological polar surface area (TPSA) is 67.9 Å². The van der Waals surface area contributed by atoms with Crippen molar-refractivity contribution in [1.82, 2.24) is 10.2 Å². The Kier molecular flexibility index (Phi) is 7.32. The number of benzene rings is 2. The molecule has 1 fully saturated rings.